The Morgan fingerprint density at radius 1 is 1.21 bits per heavy atom. The Hall–Kier alpha value is -3.28. The lowest BCUT2D eigenvalue weighted by molar-refractivity contribution is -0.123. The van der Waals surface area contributed by atoms with E-state index in [0.29, 0.717) is 16.8 Å². The monoisotopic (exact) mass is 323 g/mol. The number of nitrogens with one attached hydrogen (secondary N) is 1. The predicted molar refractivity (Wildman–Crippen MR) is 89.4 cm³/mol. The van der Waals surface area contributed by atoms with Gasteiger partial charge in [0.2, 0.25) is 0 Å². The van der Waals surface area contributed by atoms with Crippen LogP contribution in [-0.4, -0.2) is 23.7 Å². The molecule has 5 nitrogen and oxygen atoms in total. The predicted octanol–water partition coefficient (Wildman–Crippen LogP) is 2.90. The van der Waals surface area contributed by atoms with Gasteiger partial charge in [0.25, 0.3) is 5.91 Å². The molecule has 1 aromatic heterocycles. The fourth-order valence-corrected chi connectivity index (χ4v) is 2.13. The molecule has 3 aromatic rings. The molecule has 0 fully saturated rings. The van der Waals surface area contributed by atoms with E-state index in [2.05, 4.69) is 15.5 Å². The number of amides is 1. The largest absolute Gasteiger partial charge is 0.481 e. The molecule has 0 unspecified atom stereocenters. The molecule has 0 saturated heterocycles. The second-order valence-electron chi connectivity index (χ2n) is 4.97. The number of ether oxygens (including phenoxy) is 1. The highest BCUT2D eigenvalue weighted by atomic mass is 19.1. The number of pyridine rings is 1. The number of halogens is 1. The van der Waals surface area contributed by atoms with Gasteiger partial charge in [-0.1, -0.05) is 30.3 Å². The summed E-state index contributed by atoms with van der Waals surface area (Å²) in [6.07, 6.45) is 3.03. The molecule has 1 amide bonds. The van der Waals surface area contributed by atoms with E-state index in [1.165, 1.54) is 18.3 Å². The molecule has 0 bridgehead atoms. The summed E-state index contributed by atoms with van der Waals surface area (Å²) in [5.41, 5.74) is 3.57. The maximum absolute atomic E-state index is 13.0. The molecule has 2 aromatic carbocycles. The summed E-state index contributed by atoms with van der Waals surface area (Å²) >= 11 is 0. The third-order valence-corrected chi connectivity index (χ3v) is 3.21. The van der Waals surface area contributed by atoms with Crippen molar-refractivity contribution in [2.45, 2.75) is 0 Å². The number of fused-ring (bicyclic) bond motifs is 1. The van der Waals surface area contributed by atoms with Crippen molar-refractivity contribution in [1.82, 2.24) is 10.4 Å². The summed E-state index contributed by atoms with van der Waals surface area (Å²) in [6, 6.07) is 15.1. The highest BCUT2D eigenvalue weighted by Gasteiger charge is 2.05. The first-order valence-corrected chi connectivity index (χ1v) is 7.26. The maximum Gasteiger partial charge on any atom is 0.277 e. The summed E-state index contributed by atoms with van der Waals surface area (Å²) in [4.78, 5) is 16.0. The highest BCUT2D eigenvalue weighted by Crippen LogP contribution is 2.22. The third kappa shape index (κ3) is 3.92. The number of hydrazone groups is 1. The van der Waals surface area contributed by atoms with Gasteiger partial charge in [-0.3, -0.25) is 9.78 Å². The summed E-state index contributed by atoms with van der Waals surface area (Å²) in [5.74, 6) is -0.259. The number of rotatable bonds is 5. The second kappa shape index (κ2) is 7.32. The van der Waals surface area contributed by atoms with Crippen molar-refractivity contribution in [1.29, 1.82) is 0 Å². The number of hydrogen-bond donors (Lipinski definition) is 1. The zero-order valence-corrected chi connectivity index (χ0v) is 12.6. The van der Waals surface area contributed by atoms with E-state index in [-0.39, 0.29) is 12.4 Å². The summed E-state index contributed by atoms with van der Waals surface area (Å²) < 4.78 is 18.5. The lowest BCUT2D eigenvalue weighted by atomic mass is 10.2. The van der Waals surface area contributed by atoms with Gasteiger partial charge < -0.3 is 4.74 Å². The van der Waals surface area contributed by atoms with Crippen LogP contribution in [0.2, 0.25) is 0 Å². The summed E-state index contributed by atoms with van der Waals surface area (Å²) in [5, 5.41) is 4.70. The van der Waals surface area contributed by atoms with Crippen molar-refractivity contribution in [2.75, 3.05) is 6.61 Å². The van der Waals surface area contributed by atoms with Crippen LogP contribution in [0.1, 0.15) is 5.56 Å². The van der Waals surface area contributed by atoms with Crippen molar-refractivity contribution >= 4 is 23.0 Å². The average molecular weight is 323 g/mol. The van der Waals surface area contributed by atoms with Crippen LogP contribution in [0.3, 0.4) is 0 Å². The molecule has 120 valence electrons. The van der Waals surface area contributed by atoms with Gasteiger partial charge in [-0.25, -0.2) is 9.82 Å². The summed E-state index contributed by atoms with van der Waals surface area (Å²) in [6.45, 7) is -0.198. The van der Waals surface area contributed by atoms with E-state index in [9.17, 15) is 9.18 Å². The molecule has 0 radical (unpaired) electrons. The fraction of sp³-hybridized carbons (Fsp3) is 0.0556. The molecule has 3 rings (SSSR count). The van der Waals surface area contributed by atoms with Crippen molar-refractivity contribution in [3.8, 4) is 5.75 Å². The van der Waals surface area contributed by atoms with Crippen LogP contribution < -0.4 is 10.2 Å². The Morgan fingerprint density at radius 3 is 2.92 bits per heavy atom. The quantitative estimate of drug-likeness (QED) is 0.580. The number of benzene rings is 2. The van der Waals surface area contributed by atoms with Gasteiger partial charge in [-0.2, -0.15) is 5.10 Å². The first kappa shape index (κ1) is 15.6. The van der Waals surface area contributed by atoms with Crippen LogP contribution in [0.4, 0.5) is 4.39 Å². The van der Waals surface area contributed by atoms with Gasteiger partial charge in [0, 0.05) is 11.6 Å². The number of aromatic nitrogens is 1. The van der Waals surface area contributed by atoms with Gasteiger partial charge in [-0.05, 0) is 29.8 Å². The topological polar surface area (TPSA) is 63.6 Å². The van der Waals surface area contributed by atoms with Crippen LogP contribution in [-0.2, 0) is 4.79 Å². The van der Waals surface area contributed by atoms with Crippen LogP contribution in [0.5, 0.6) is 5.75 Å². The van der Waals surface area contributed by atoms with Gasteiger partial charge in [0.05, 0.1) is 6.21 Å². The van der Waals surface area contributed by atoms with E-state index < -0.39 is 5.91 Å². The minimum Gasteiger partial charge on any atom is -0.481 e. The van der Waals surface area contributed by atoms with Gasteiger partial charge in [-0.15, -0.1) is 0 Å². The fourth-order valence-electron chi connectivity index (χ4n) is 2.13. The van der Waals surface area contributed by atoms with Crippen LogP contribution in [0, 0.1) is 5.82 Å². The molecule has 0 aliphatic rings. The Morgan fingerprint density at radius 2 is 2.04 bits per heavy atom. The van der Waals surface area contributed by atoms with Gasteiger partial charge >= 0.3 is 0 Å². The molecule has 0 saturated carbocycles. The lowest BCUT2D eigenvalue weighted by Gasteiger charge is -2.07. The Bertz CT molecular complexity index is 891. The van der Waals surface area contributed by atoms with E-state index >= 15 is 0 Å². The van der Waals surface area contributed by atoms with E-state index in [4.69, 9.17) is 4.74 Å². The van der Waals surface area contributed by atoms with Crippen molar-refractivity contribution in [3.63, 3.8) is 0 Å². The first-order chi connectivity index (χ1) is 11.7. The number of carbonyl (C=O) groups is 1. The van der Waals surface area contributed by atoms with Crippen molar-refractivity contribution in [2.24, 2.45) is 5.10 Å². The van der Waals surface area contributed by atoms with Crippen molar-refractivity contribution < 1.29 is 13.9 Å². The first-order valence-electron chi connectivity index (χ1n) is 7.26. The van der Waals surface area contributed by atoms with Crippen molar-refractivity contribution in [3.05, 3.63) is 72.2 Å². The molecular formula is C18H14FN3O2. The summed E-state index contributed by atoms with van der Waals surface area (Å²) in [7, 11) is 0. The number of hydrogen-bond acceptors (Lipinski definition) is 4. The Labute approximate surface area is 137 Å². The second-order valence-corrected chi connectivity index (χ2v) is 4.97. The molecule has 24 heavy (non-hydrogen) atoms. The SMILES string of the molecule is O=C(COc1cccc2cccnc12)N/N=C/c1cccc(F)c1. The van der Waals surface area contributed by atoms with Crippen LogP contribution in [0.15, 0.2) is 65.9 Å². The van der Waals surface area contributed by atoms with E-state index in [0.717, 1.165) is 5.39 Å². The van der Waals surface area contributed by atoms with Gasteiger partial charge in [0.1, 0.15) is 17.1 Å². The van der Waals surface area contributed by atoms with Crippen LogP contribution in [0.25, 0.3) is 10.9 Å². The zero-order valence-electron chi connectivity index (χ0n) is 12.6. The molecule has 0 spiro atoms. The average Bonchev–Trinajstić information content (AvgIpc) is 2.60. The van der Waals surface area contributed by atoms with E-state index in [1.807, 2.05) is 24.3 Å². The Balaban J connectivity index is 1.57. The molecule has 6 heteroatoms. The molecule has 1 N–H and O–H groups in total. The van der Waals surface area contributed by atoms with Gasteiger partial charge in [0.15, 0.2) is 6.61 Å². The standard InChI is InChI=1S/C18H14FN3O2/c19-15-7-1-4-13(10-15)11-21-22-17(23)12-24-16-8-2-5-14-6-3-9-20-18(14)16/h1-11H,12H2,(H,22,23)/b21-11+. The minimum atomic E-state index is -0.421. The smallest absolute Gasteiger partial charge is 0.277 e. The molecule has 1 heterocycles. The minimum absolute atomic E-state index is 0.198. The normalized spacial score (nSPS) is 10.9. The Kier molecular flexibility index (Phi) is 4.76. The maximum atomic E-state index is 13.0. The number of carbonyl (C=O) groups excluding carboxylic acids is 1. The lowest BCUT2D eigenvalue weighted by Crippen LogP contribution is -2.24. The number of para-hydroxylation sites is 1. The van der Waals surface area contributed by atoms with E-state index in [1.54, 1.807) is 24.4 Å². The van der Waals surface area contributed by atoms with Crippen LogP contribution >= 0.6 is 0 Å². The molecule has 0 aliphatic carbocycles. The highest BCUT2D eigenvalue weighted by molar-refractivity contribution is 5.85. The zero-order chi connectivity index (χ0) is 16.8. The number of nitrogens with zero attached hydrogens (tertiary/aromatic N) is 2. The third-order valence-electron chi connectivity index (χ3n) is 3.21. The molecule has 0 aliphatic heterocycles. The molecule has 0 atom stereocenters. The molecular weight excluding hydrogens is 309 g/mol.